The first-order valence-corrected chi connectivity index (χ1v) is 7.44. The first-order valence-electron chi connectivity index (χ1n) is 7.06. The molecule has 20 heavy (non-hydrogen) atoms. The van der Waals surface area contributed by atoms with Crippen molar-refractivity contribution >= 4 is 29.1 Å². The van der Waals surface area contributed by atoms with Crippen molar-refractivity contribution in [2.75, 3.05) is 24.5 Å². The zero-order chi connectivity index (χ0) is 14.1. The summed E-state index contributed by atoms with van der Waals surface area (Å²) in [6.45, 7) is 2.32. The summed E-state index contributed by atoms with van der Waals surface area (Å²) in [7, 11) is 0. The highest BCUT2D eigenvalue weighted by atomic mass is 35.5. The Bertz CT molecular complexity index is 553. The van der Waals surface area contributed by atoms with Crippen LogP contribution in [0.3, 0.4) is 0 Å². The van der Waals surface area contributed by atoms with Gasteiger partial charge in [-0.2, -0.15) is 0 Å². The van der Waals surface area contributed by atoms with Crippen LogP contribution in [0, 0.1) is 0 Å². The predicted molar refractivity (Wildman–Crippen MR) is 78.2 cm³/mol. The molecule has 2 amide bonds. The molecule has 3 rings (SSSR count). The van der Waals surface area contributed by atoms with Crippen molar-refractivity contribution in [2.24, 2.45) is 0 Å². The zero-order valence-corrected chi connectivity index (χ0v) is 12.0. The fourth-order valence-electron chi connectivity index (χ4n) is 2.86. The normalized spacial score (nSPS) is 18.9. The summed E-state index contributed by atoms with van der Waals surface area (Å²) in [5.74, 6) is 0.115. The van der Waals surface area contributed by atoms with E-state index in [-0.39, 0.29) is 11.8 Å². The highest BCUT2D eigenvalue weighted by Crippen LogP contribution is 2.31. The van der Waals surface area contributed by atoms with Crippen LogP contribution in [0.2, 0.25) is 5.02 Å². The van der Waals surface area contributed by atoms with Crippen molar-refractivity contribution in [1.82, 2.24) is 4.90 Å². The highest BCUT2D eigenvalue weighted by molar-refractivity contribution is 6.34. The van der Waals surface area contributed by atoms with E-state index >= 15 is 0 Å². The first-order chi connectivity index (χ1) is 9.66. The van der Waals surface area contributed by atoms with Crippen molar-refractivity contribution in [3.8, 4) is 0 Å². The molecule has 0 aliphatic carbocycles. The van der Waals surface area contributed by atoms with Gasteiger partial charge in [0, 0.05) is 31.6 Å². The van der Waals surface area contributed by atoms with Crippen molar-refractivity contribution in [1.29, 1.82) is 0 Å². The number of anilines is 1. The van der Waals surface area contributed by atoms with Crippen LogP contribution < -0.4 is 4.90 Å². The van der Waals surface area contributed by atoms with Crippen molar-refractivity contribution in [3.05, 3.63) is 28.8 Å². The van der Waals surface area contributed by atoms with Crippen LogP contribution in [-0.4, -0.2) is 36.3 Å². The van der Waals surface area contributed by atoms with Gasteiger partial charge in [0.25, 0.3) is 5.91 Å². The summed E-state index contributed by atoms with van der Waals surface area (Å²) in [4.78, 5) is 27.8. The number of halogens is 1. The lowest BCUT2D eigenvalue weighted by atomic mass is 10.1. The topological polar surface area (TPSA) is 40.6 Å². The number of amides is 2. The maximum absolute atomic E-state index is 12.4. The van der Waals surface area contributed by atoms with Gasteiger partial charge < -0.3 is 9.80 Å². The molecule has 2 fully saturated rings. The van der Waals surface area contributed by atoms with Crippen LogP contribution in [0.1, 0.15) is 36.0 Å². The maximum Gasteiger partial charge on any atom is 0.253 e. The zero-order valence-electron chi connectivity index (χ0n) is 11.3. The molecule has 106 valence electrons. The molecule has 4 nitrogen and oxygen atoms in total. The van der Waals surface area contributed by atoms with Gasteiger partial charge >= 0.3 is 0 Å². The van der Waals surface area contributed by atoms with Crippen molar-refractivity contribution in [2.45, 2.75) is 25.7 Å². The number of carbonyl (C=O) groups is 2. The minimum absolute atomic E-state index is 0.0343. The molecule has 2 heterocycles. The van der Waals surface area contributed by atoms with Crippen LogP contribution >= 0.6 is 11.6 Å². The second-order valence-corrected chi connectivity index (χ2v) is 5.72. The quantitative estimate of drug-likeness (QED) is 0.841. The summed E-state index contributed by atoms with van der Waals surface area (Å²) in [5.41, 5.74) is 1.28. The van der Waals surface area contributed by atoms with Gasteiger partial charge in [0.15, 0.2) is 0 Å². The summed E-state index contributed by atoms with van der Waals surface area (Å²) >= 11 is 6.19. The summed E-state index contributed by atoms with van der Waals surface area (Å²) in [6.07, 6.45) is 3.54. The van der Waals surface area contributed by atoms with Gasteiger partial charge in [0.2, 0.25) is 5.91 Å². The maximum atomic E-state index is 12.4. The van der Waals surface area contributed by atoms with E-state index in [9.17, 15) is 9.59 Å². The number of rotatable bonds is 2. The molecule has 0 bridgehead atoms. The molecule has 0 atom stereocenters. The second-order valence-electron chi connectivity index (χ2n) is 5.31. The lowest BCUT2D eigenvalue weighted by Gasteiger charge is -2.20. The molecule has 0 N–H and O–H groups in total. The largest absolute Gasteiger partial charge is 0.339 e. The molecule has 1 aromatic carbocycles. The molecule has 0 saturated carbocycles. The molecule has 5 heteroatoms. The molecule has 0 unspecified atom stereocenters. The van der Waals surface area contributed by atoms with Crippen molar-refractivity contribution in [3.63, 3.8) is 0 Å². The Morgan fingerprint density at radius 1 is 1.10 bits per heavy atom. The highest BCUT2D eigenvalue weighted by Gasteiger charge is 2.26. The van der Waals surface area contributed by atoms with E-state index in [0.29, 0.717) is 29.2 Å². The number of benzene rings is 1. The molecule has 1 aromatic rings. The number of hydrogen-bond donors (Lipinski definition) is 0. The van der Waals surface area contributed by atoms with Crippen LogP contribution in [0.25, 0.3) is 0 Å². The van der Waals surface area contributed by atoms with E-state index in [0.717, 1.165) is 32.4 Å². The number of hydrogen-bond acceptors (Lipinski definition) is 2. The van der Waals surface area contributed by atoms with E-state index in [2.05, 4.69) is 0 Å². The minimum Gasteiger partial charge on any atom is -0.339 e. The Kier molecular flexibility index (Phi) is 3.66. The molecule has 0 aromatic heterocycles. The van der Waals surface area contributed by atoms with Crippen LogP contribution in [0.15, 0.2) is 18.2 Å². The predicted octanol–water partition coefficient (Wildman–Crippen LogP) is 2.70. The van der Waals surface area contributed by atoms with Gasteiger partial charge in [-0.3, -0.25) is 9.59 Å². The molecule has 0 spiro atoms. The smallest absolute Gasteiger partial charge is 0.253 e. The Morgan fingerprint density at radius 2 is 1.85 bits per heavy atom. The van der Waals surface area contributed by atoms with Gasteiger partial charge in [-0.15, -0.1) is 0 Å². The average Bonchev–Trinajstić information content (AvgIpc) is 3.10. The van der Waals surface area contributed by atoms with E-state index in [1.807, 2.05) is 4.90 Å². The van der Waals surface area contributed by atoms with Gasteiger partial charge in [0.1, 0.15) is 0 Å². The molecular weight excluding hydrogens is 276 g/mol. The molecule has 0 radical (unpaired) electrons. The van der Waals surface area contributed by atoms with E-state index in [1.54, 1.807) is 23.1 Å². The Hall–Kier alpha value is -1.55. The van der Waals surface area contributed by atoms with Gasteiger partial charge in [0.05, 0.1) is 10.7 Å². The van der Waals surface area contributed by atoms with Crippen molar-refractivity contribution < 1.29 is 9.59 Å². The Balaban J connectivity index is 1.89. The minimum atomic E-state index is 0.0343. The van der Waals surface area contributed by atoms with E-state index < -0.39 is 0 Å². The van der Waals surface area contributed by atoms with Crippen LogP contribution in [-0.2, 0) is 4.79 Å². The second kappa shape index (κ2) is 5.44. The standard InChI is InChI=1S/C15H17ClN2O2/c16-12-6-5-11(15(20)17-7-1-2-8-17)10-13(12)18-9-3-4-14(18)19/h5-6,10H,1-4,7-9H2. The van der Waals surface area contributed by atoms with E-state index in [4.69, 9.17) is 11.6 Å². The first kappa shape index (κ1) is 13.4. The summed E-state index contributed by atoms with van der Waals surface area (Å²) in [6, 6.07) is 5.21. The van der Waals surface area contributed by atoms with Gasteiger partial charge in [-0.25, -0.2) is 0 Å². The van der Waals surface area contributed by atoms with E-state index in [1.165, 1.54) is 0 Å². The summed E-state index contributed by atoms with van der Waals surface area (Å²) in [5, 5.41) is 0.526. The Labute approximate surface area is 123 Å². The average molecular weight is 293 g/mol. The third-order valence-electron chi connectivity index (χ3n) is 3.95. The molecular formula is C15H17ClN2O2. The fraction of sp³-hybridized carbons (Fsp3) is 0.467. The lowest BCUT2D eigenvalue weighted by Crippen LogP contribution is -2.28. The van der Waals surface area contributed by atoms with Gasteiger partial charge in [-0.05, 0) is 37.5 Å². The van der Waals surface area contributed by atoms with Gasteiger partial charge in [-0.1, -0.05) is 11.6 Å². The van der Waals surface area contributed by atoms with Crippen LogP contribution in [0.4, 0.5) is 5.69 Å². The number of nitrogens with zero attached hydrogens (tertiary/aromatic N) is 2. The monoisotopic (exact) mass is 292 g/mol. The number of likely N-dealkylation sites (tertiary alicyclic amines) is 1. The molecule has 2 aliphatic rings. The number of carbonyl (C=O) groups excluding carboxylic acids is 2. The third-order valence-corrected chi connectivity index (χ3v) is 4.27. The fourth-order valence-corrected chi connectivity index (χ4v) is 3.08. The SMILES string of the molecule is O=C(c1ccc(Cl)c(N2CCCC2=O)c1)N1CCCC1. The molecule has 2 aliphatic heterocycles. The third kappa shape index (κ3) is 2.40. The molecule has 2 saturated heterocycles. The summed E-state index contributed by atoms with van der Waals surface area (Å²) < 4.78 is 0. The lowest BCUT2D eigenvalue weighted by molar-refractivity contribution is -0.117. The Morgan fingerprint density at radius 3 is 2.50 bits per heavy atom. The van der Waals surface area contributed by atoms with Crippen LogP contribution in [0.5, 0.6) is 0 Å².